The average molecular weight is 482 g/mol. The lowest BCUT2D eigenvalue weighted by Gasteiger charge is -2.13. The first-order valence-electron chi connectivity index (χ1n) is 10.7. The van der Waals surface area contributed by atoms with Crippen LogP contribution in [0.5, 0.6) is 0 Å². The summed E-state index contributed by atoms with van der Waals surface area (Å²) >= 11 is 0. The molecule has 9 heteroatoms. The number of halogens is 3. The number of hydrogen-bond acceptors (Lipinski definition) is 4. The second-order valence-corrected chi connectivity index (χ2v) is 8.26. The molecule has 0 unspecified atom stereocenters. The normalized spacial score (nSPS) is 11.6. The Bertz CT molecular complexity index is 1530. The molecule has 0 atom stereocenters. The third-order valence-corrected chi connectivity index (χ3v) is 5.70. The van der Waals surface area contributed by atoms with Crippen LogP contribution in [0.2, 0.25) is 0 Å². The Morgan fingerprint density at radius 3 is 2.46 bits per heavy atom. The Morgan fingerprint density at radius 1 is 1.00 bits per heavy atom. The molecule has 180 valence electrons. The second-order valence-electron chi connectivity index (χ2n) is 8.26. The molecule has 0 saturated carbocycles. The van der Waals surface area contributed by atoms with E-state index in [4.69, 9.17) is 4.74 Å². The summed E-state index contributed by atoms with van der Waals surface area (Å²) in [6, 6.07) is 12.6. The van der Waals surface area contributed by atoms with Crippen LogP contribution in [0.4, 0.5) is 13.2 Å². The van der Waals surface area contributed by atoms with E-state index in [9.17, 15) is 27.6 Å². The number of ether oxygens (including phenoxy) is 1. The van der Waals surface area contributed by atoms with Crippen molar-refractivity contribution in [1.82, 2.24) is 9.55 Å². The maximum atomic E-state index is 13.1. The zero-order valence-corrected chi connectivity index (χ0v) is 19.1. The summed E-state index contributed by atoms with van der Waals surface area (Å²) in [7, 11) is 0. The van der Waals surface area contributed by atoms with Crippen molar-refractivity contribution < 1.29 is 27.5 Å². The smallest absolute Gasteiger partial charge is 0.416 e. The molecular weight excluding hydrogens is 461 g/mol. The molecule has 4 aromatic rings. The Balaban J connectivity index is 1.55. The van der Waals surface area contributed by atoms with Crippen molar-refractivity contribution in [2.24, 2.45) is 0 Å². The zero-order chi connectivity index (χ0) is 25.5. The van der Waals surface area contributed by atoms with Gasteiger partial charge in [0.2, 0.25) is 5.78 Å². The van der Waals surface area contributed by atoms with Gasteiger partial charge in [0, 0.05) is 39.6 Å². The van der Waals surface area contributed by atoms with E-state index < -0.39 is 30.1 Å². The zero-order valence-electron chi connectivity index (χ0n) is 19.1. The topological polar surface area (TPSA) is 81.2 Å². The summed E-state index contributed by atoms with van der Waals surface area (Å²) in [6.45, 7) is 4.51. The molecule has 2 aromatic heterocycles. The Morgan fingerprint density at radius 2 is 1.74 bits per heavy atom. The minimum absolute atomic E-state index is 0.0893. The van der Waals surface area contributed by atoms with Gasteiger partial charge in [-0.15, -0.1) is 0 Å². The summed E-state index contributed by atoms with van der Waals surface area (Å²) in [4.78, 5) is 40.5. The molecule has 0 fully saturated rings. The number of Topliss-reactive ketones (excluding diaryl/α,β-unsaturated/α-hetero) is 1. The number of aromatic nitrogens is 2. The number of nitrogens with zero attached hydrogens (tertiary/aromatic N) is 1. The molecule has 0 aliphatic rings. The van der Waals surface area contributed by atoms with Gasteiger partial charge in [0.05, 0.1) is 5.56 Å². The van der Waals surface area contributed by atoms with Crippen LogP contribution >= 0.6 is 0 Å². The third-order valence-electron chi connectivity index (χ3n) is 5.70. The van der Waals surface area contributed by atoms with Crippen LogP contribution in [0.3, 0.4) is 0 Å². The highest BCUT2D eigenvalue weighted by Gasteiger charge is 2.31. The van der Waals surface area contributed by atoms with E-state index >= 15 is 0 Å². The fourth-order valence-corrected chi connectivity index (χ4v) is 4.02. The monoisotopic (exact) mass is 482 g/mol. The summed E-state index contributed by atoms with van der Waals surface area (Å²) in [5.41, 5.74) is 1.55. The summed E-state index contributed by atoms with van der Waals surface area (Å²) in [5.74, 6) is -1.40. The first-order chi connectivity index (χ1) is 16.5. The van der Waals surface area contributed by atoms with Gasteiger partial charge in [0.15, 0.2) is 12.0 Å². The van der Waals surface area contributed by atoms with E-state index in [1.54, 1.807) is 32.0 Å². The highest BCUT2D eigenvalue weighted by molar-refractivity contribution is 6.00. The van der Waals surface area contributed by atoms with Crippen LogP contribution in [0, 0.1) is 20.8 Å². The van der Waals surface area contributed by atoms with Gasteiger partial charge in [-0.05, 0) is 57.2 Å². The van der Waals surface area contributed by atoms with Crippen molar-refractivity contribution in [3.63, 3.8) is 0 Å². The molecule has 0 spiro atoms. The minimum atomic E-state index is -4.50. The largest absolute Gasteiger partial charge is 0.453 e. The van der Waals surface area contributed by atoms with Gasteiger partial charge in [-0.3, -0.25) is 9.59 Å². The van der Waals surface area contributed by atoms with Crippen LogP contribution < -0.4 is 5.43 Å². The maximum absolute atomic E-state index is 13.1. The van der Waals surface area contributed by atoms with Gasteiger partial charge in [-0.1, -0.05) is 17.7 Å². The van der Waals surface area contributed by atoms with Gasteiger partial charge in [0.1, 0.15) is 5.69 Å². The number of benzene rings is 2. The van der Waals surface area contributed by atoms with E-state index in [1.165, 1.54) is 22.8 Å². The fraction of sp³-hybridized carbons (Fsp3) is 0.192. The Labute approximate surface area is 198 Å². The minimum Gasteiger partial charge on any atom is -0.453 e. The van der Waals surface area contributed by atoms with E-state index in [-0.39, 0.29) is 22.4 Å². The number of fused-ring (bicyclic) bond motifs is 1. The van der Waals surface area contributed by atoms with E-state index in [0.717, 1.165) is 23.8 Å². The lowest BCUT2D eigenvalue weighted by Crippen LogP contribution is -2.17. The average Bonchev–Trinajstić information content (AvgIpc) is 3.11. The molecule has 0 radical (unpaired) electrons. The van der Waals surface area contributed by atoms with Crippen molar-refractivity contribution in [3.8, 4) is 5.69 Å². The van der Waals surface area contributed by atoms with Crippen LogP contribution in [0.15, 0.2) is 59.4 Å². The van der Waals surface area contributed by atoms with Crippen molar-refractivity contribution >= 4 is 22.7 Å². The molecule has 0 aliphatic carbocycles. The number of aromatic amines is 1. The fourth-order valence-electron chi connectivity index (χ4n) is 4.02. The summed E-state index contributed by atoms with van der Waals surface area (Å²) < 4.78 is 46.1. The van der Waals surface area contributed by atoms with Gasteiger partial charge >= 0.3 is 12.1 Å². The predicted molar refractivity (Wildman–Crippen MR) is 124 cm³/mol. The second kappa shape index (κ2) is 8.90. The number of H-pyrrole nitrogens is 1. The number of ketones is 1. The SMILES string of the molecule is Cc1ccc2[nH]c(C(=O)OCC(=O)c3cc(C)n(-c4cccc(C(F)(F)F)c4)c3C)cc(=O)c2c1. The van der Waals surface area contributed by atoms with Crippen molar-refractivity contribution in [3.05, 3.63) is 98.6 Å². The number of rotatable bonds is 5. The molecule has 4 rings (SSSR count). The number of esters is 1. The number of aryl methyl sites for hydroxylation is 2. The summed E-state index contributed by atoms with van der Waals surface area (Å²) in [5, 5.41) is 0.430. The Hall–Kier alpha value is -4.14. The highest BCUT2D eigenvalue weighted by Crippen LogP contribution is 2.31. The van der Waals surface area contributed by atoms with Crippen LogP contribution in [0.25, 0.3) is 16.6 Å². The van der Waals surface area contributed by atoms with Crippen LogP contribution in [0.1, 0.15) is 43.4 Å². The molecule has 0 saturated heterocycles. The first kappa shape index (κ1) is 24.0. The molecule has 0 bridgehead atoms. The third kappa shape index (κ3) is 4.75. The number of carbonyl (C=O) groups excluding carboxylic acids is 2. The summed E-state index contributed by atoms with van der Waals surface area (Å²) in [6.07, 6.45) is -4.50. The van der Waals surface area contributed by atoms with Gasteiger partial charge in [0.25, 0.3) is 0 Å². The van der Waals surface area contributed by atoms with Crippen LogP contribution in [-0.2, 0) is 10.9 Å². The van der Waals surface area contributed by atoms with E-state index in [0.29, 0.717) is 22.3 Å². The number of nitrogens with one attached hydrogen (secondary N) is 1. The molecule has 1 N–H and O–H groups in total. The first-order valence-corrected chi connectivity index (χ1v) is 10.7. The number of pyridine rings is 1. The quantitative estimate of drug-likeness (QED) is 0.309. The highest BCUT2D eigenvalue weighted by atomic mass is 19.4. The standard InChI is InChI=1S/C26H21F3N2O4/c1-14-7-8-21-20(9-14)23(32)12-22(30-21)25(34)35-13-24(33)19-10-15(2)31(16(19)3)18-6-4-5-17(11-18)26(27,28)29/h4-12H,13H2,1-3H3,(H,30,32). The molecule has 2 aromatic carbocycles. The number of hydrogen-bond donors (Lipinski definition) is 1. The van der Waals surface area contributed by atoms with E-state index in [1.807, 2.05) is 6.92 Å². The van der Waals surface area contributed by atoms with Gasteiger partial charge < -0.3 is 14.3 Å². The van der Waals surface area contributed by atoms with Gasteiger partial charge in [-0.2, -0.15) is 13.2 Å². The van der Waals surface area contributed by atoms with Crippen molar-refractivity contribution in [1.29, 1.82) is 0 Å². The lowest BCUT2D eigenvalue weighted by molar-refractivity contribution is -0.137. The molecule has 2 heterocycles. The predicted octanol–water partition coefficient (Wildman–Crippen LogP) is 5.30. The van der Waals surface area contributed by atoms with Crippen molar-refractivity contribution in [2.45, 2.75) is 26.9 Å². The molecule has 6 nitrogen and oxygen atoms in total. The maximum Gasteiger partial charge on any atom is 0.416 e. The molecule has 0 aliphatic heterocycles. The van der Waals surface area contributed by atoms with Gasteiger partial charge in [-0.25, -0.2) is 4.79 Å². The van der Waals surface area contributed by atoms with Crippen molar-refractivity contribution in [2.75, 3.05) is 6.61 Å². The molecular formula is C26H21F3N2O4. The Kier molecular flexibility index (Phi) is 6.10. The molecule has 35 heavy (non-hydrogen) atoms. The molecule has 0 amide bonds. The lowest BCUT2D eigenvalue weighted by atomic mass is 10.1. The number of alkyl halides is 3. The number of carbonyl (C=O) groups is 2. The van der Waals surface area contributed by atoms with Crippen LogP contribution in [-0.4, -0.2) is 27.9 Å². The van der Waals surface area contributed by atoms with E-state index in [2.05, 4.69) is 4.98 Å².